The van der Waals surface area contributed by atoms with Crippen LogP contribution >= 0.6 is 0 Å². The fourth-order valence-corrected chi connectivity index (χ4v) is 2.96. The van der Waals surface area contributed by atoms with Crippen molar-refractivity contribution in [2.45, 2.75) is 59.5 Å². The number of hydrogen-bond acceptors (Lipinski definition) is 2. The quantitative estimate of drug-likeness (QED) is 0.694. The fraction of sp³-hybridized carbons (Fsp3) is 0.867. The monoisotopic (exact) mass is 284 g/mol. The largest absolute Gasteiger partial charge is 0.333 e. The van der Waals surface area contributed by atoms with Crippen molar-refractivity contribution in [2.24, 2.45) is 11.8 Å². The van der Waals surface area contributed by atoms with Crippen LogP contribution in [0.5, 0.6) is 0 Å². The fourth-order valence-electron chi connectivity index (χ4n) is 2.96. The number of hydrogen-bond donors (Lipinski definition) is 3. The first kappa shape index (κ1) is 17.0. The van der Waals surface area contributed by atoms with Gasteiger partial charge in [0.05, 0.1) is 13.1 Å². The van der Waals surface area contributed by atoms with Crippen LogP contribution in [0.4, 0.5) is 4.79 Å². The number of rotatable bonds is 2. The average Bonchev–Trinajstić information content (AvgIpc) is 2.23. The second kappa shape index (κ2) is 6.57. The van der Waals surface area contributed by atoms with Crippen LogP contribution in [0.3, 0.4) is 0 Å². The molecule has 0 radical (unpaired) electrons. The van der Waals surface area contributed by atoms with Crippen molar-refractivity contribution in [2.75, 3.05) is 13.1 Å². The van der Waals surface area contributed by atoms with Crippen molar-refractivity contribution < 1.29 is 14.5 Å². The van der Waals surface area contributed by atoms with Gasteiger partial charge >= 0.3 is 6.03 Å². The molecule has 0 aromatic carbocycles. The molecule has 116 valence electrons. The minimum absolute atomic E-state index is 0.189. The van der Waals surface area contributed by atoms with Gasteiger partial charge in [-0.25, -0.2) is 4.79 Å². The lowest BCUT2D eigenvalue weighted by Crippen LogP contribution is -3.18. The Labute approximate surface area is 122 Å². The molecule has 0 aromatic heterocycles. The first-order valence-electron chi connectivity index (χ1n) is 7.56. The maximum absolute atomic E-state index is 12.2. The van der Waals surface area contributed by atoms with E-state index >= 15 is 0 Å². The lowest BCUT2D eigenvalue weighted by molar-refractivity contribution is -0.925. The summed E-state index contributed by atoms with van der Waals surface area (Å²) in [4.78, 5) is 25.2. The van der Waals surface area contributed by atoms with Crippen LogP contribution in [0.15, 0.2) is 0 Å². The Morgan fingerprint density at radius 1 is 1.15 bits per heavy atom. The molecule has 0 unspecified atom stereocenters. The molecule has 1 heterocycles. The molecule has 3 atom stereocenters. The summed E-state index contributed by atoms with van der Waals surface area (Å²) in [5.41, 5.74) is -0.339. The standard InChI is InChI=1S/C15H29N3O2/c1-10-7-11(2)9-18(8-10)12(3)13(19)16-14(20)17-15(4,5)6/h10-12H,7-9H2,1-6H3,(H2,16,17,19,20)/p+1/t10-,11-,12-/m0/s1. The smallest absolute Gasteiger partial charge is 0.322 e. The molecule has 1 aliphatic heterocycles. The van der Waals surface area contributed by atoms with Crippen LogP contribution in [0.25, 0.3) is 0 Å². The Kier molecular flexibility index (Phi) is 5.57. The van der Waals surface area contributed by atoms with Gasteiger partial charge in [0.15, 0.2) is 6.04 Å². The number of quaternary nitrogens is 1. The molecule has 5 nitrogen and oxygen atoms in total. The molecule has 1 fully saturated rings. The van der Waals surface area contributed by atoms with Crippen molar-refractivity contribution in [3.8, 4) is 0 Å². The highest BCUT2D eigenvalue weighted by molar-refractivity contribution is 5.96. The van der Waals surface area contributed by atoms with E-state index in [0.29, 0.717) is 11.8 Å². The molecule has 1 aliphatic rings. The summed E-state index contributed by atoms with van der Waals surface area (Å²) in [6, 6.07) is -0.599. The second-order valence-corrected chi connectivity index (χ2v) is 7.43. The molecular formula is C15H30N3O2+. The van der Waals surface area contributed by atoms with E-state index in [1.807, 2.05) is 27.7 Å². The molecule has 0 saturated carbocycles. The third-order valence-electron chi connectivity index (χ3n) is 3.76. The Bertz CT molecular complexity index is 353. The normalized spacial score (nSPS) is 28.6. The van der Waals surface area contributed by atoms with Crippen molar-refractivity contribution in [3.05, 3.63) is 0 Å². The zero-order valence-corrected chi connectivity index (χ0v) is 13.7. The number of carbonyl (C=O) groups excluding carboxylic acids is 2. The topological polar surface area (TPSA) is 62.6 Å². The van der Waals surface area contributed by atoms with Gasteiger partial charge in [0.1, 0.15) is 0 Å². The highest BCUT2D eigenvalue weighted by Crippen LogP contribution is 2.12. The summed E-state index contributed by atoms with van der Waals surface area (Å²) in [7, 11) is 0. The van der Waals surface area contributed by atoms with Crippen LogP contribution in [0.2, 0.25) is 0 Å². The van der Waals surface area contributed by atoms with E-state index in [-0.39, 0.29) is 17.5 Å². The van der Waals surface area contributed by atoms with Gasteiger partial charge in [0.2, 0.25) is 0 Å². The van der Waals surface area contributed by atoms with Crippen LogP contribution in [-0.2, 0) is 4.79 Å². The van der Waals surface area contributed by atoms with Gasteiger partial charge in [-0.05, 0) is 34.1 Å². The molecule has 5 heteroatoms. The molecule has 20 heavy (non-hydrogen) atoms. The zero-order valence-electron chi connectivity index (χ0n) is 13.7. The van der Waals surface area contributed by atoms with Crippen LogP contribution in [0.1, 0.15) is 48.0 Å². The van der Waals surface area contributed by atoms with Gasteiger partial charge < -0.3 is 10.2 Å². The van der Waals surface area contributed by atoms with Crippen molar-refractivity contribution >= 4 is 11.9 Å². The number of amides is 3. The zero-order chi connectivity index (χ0) is 15.5. The Morgan fingerprint density at radius 3 is 2.10 bits per heavy atom. The summed E-state index contributed by atoms with van der Waals surface area (Å²) >= 11 is 0. The number of likely N-dealkylation sites (tertiary alicyclic amines) is 1. The van der Waals surface area contributed by atoms with E-state index in [4.69, 9.17) is 0 Å². The first-order valence-corrected chi connectivity index (χ1v) is 7.56. The summed E-state index contributed by atoms with van der Waals surface area (Å²) in [6.45, 7) is 14.0. The van der Waals surface area contributed by atoms with Crippen LogP contribution in [0, 0.1) is 11.8 Å². The SMILES string of the molecule is C[C@H]1C[C@H](C)C[NH+]([C@@H](C)C(=O)NC(=O)NC(C)(C)C)C1. The minimum atomic E-state index is -0.410. The van der Waals surface area contributed by atoms with E-state index in [1.54, 1.807) is 0 Å². The van der Waals surface area contributed by atoms with E-state index in [0.717, 1.165) is 13.1 Å². The highest BCUT2D eigenvalue weighted by Gasteiger charge is 2.33. The molecule has 3 amide bonds. The molecule has 1 rings (SSSR count). The molecule has 1 saturated heterocycles. The molecule has 0 aromatic rings. The molecule has 0 bridgehead atoms. The predicted octanol–water partition coefficient (Wildman–Crippen LogP) is 0.560. The van der Waals surface area contributed by atoms with Gasteiger partial charge in [-0.2, -0.15) is 0 Å². The maximum atomic E-state index is 12.2. The van der Waals surface area contributed by atoms with Gasteiger partial charge in [0, 0.05) is 17.4 Å². The highest BCUT2D eigenvalue weighted by atomic mass is 16.2. The summed E-state index contributed by atoms with van der Waals surface area (Å²) < 4.78 is 0. The lowest BCUT2D eigenvalue weighted by atomic mass is 9.91. The average molecular weight is 284 g/mol. The third-order valence-corrected chi connectivity index (χ3v) is 3.76. The predicted molar refractivity (Wildman–Crippen MR) is 79.5 cm³/mol. The van der Waals surface area contributed by atoms with Crippen molar-refractivity contribution in [1.82, 2.24) is 10.6 Å². The molecule has 0 aliphatic carbocycles. The number of carbonyl (C=O) groups is 2. The van der Waals surface area contributed by atoms with E-state index in [1.165, 1.54) is 11.3 Å². The molecule has 0 spiro atoms. The Balaban J connectivity index is 2.52. The Morgan fingerprint density at radius 2 is 1.65 bits per heavy atom. The van der Waals surface area contributed by atoms with Gasteiger partial charge in [0.25, 0.3) is 5.91 Å². The number of nitrogens with one attached hydrogen (secondary N) is 3. The van der Waals surface area contributed by atoms with Crippen LogP contribution < -0.4 is 15.5 Å². The van der Waals surface area contributed by atoms with E-state index in [9.17, 15) is 9.59 Å². The number of piperidine rings is 1. The van der Waals surface area contributed by atoms with Gasteiger partial charge in [-0.3, -0.25) is 10.1 Å². The van der Waals surface area contributed by atoms with Crippen molar-refractivity contribution in [1.29, 1.82) is 0 Å². The van der Waals surface area contributed by atoms with Crippen molar-refractivity contribution in [3.63, 3.8) is 0 Å². The van der Waals surface area contributed by atoms with Gasteiger partial charge in [-0.1, -0.05) is 13.8 Å². The second-order valence-electron chi connectivity index (χ2n) is 7.43. The summed E-state index contributed by atoms with van der Waals surface area (Å²) in [6.07, 6.45) is 1.22. The van der Waals surface area contributed by atoms with E-state index < -0.39 is 6.03 Å². The van der Waals surface area contributed by atoms with E-state index in [2.05, 4.69) is 24.5 Å². The first-order chi connectivity index (χ1) is 9.08. The summed E-state index contributed by atoms with van der Waals surface area (Å²) in [5.74, 6) is 1.07. The molecule has 3 N–H and O–H groups in total. The lowest BCUT2D eigenvalue weighted by Gasteiger charge is -2.35. The summed E-state index contributed by atoms with van der Waals surface area (Å²) in [5, 5.41) is 5.20. The number of urea groups is 1. The van der Waals surface area contributed by atoms with Gasteiger partial charge in [-0.15, -0.1) is 0 Å². The third kappa shape index (κ3) is 5.49. The maximum Gasteiger partial charge on any atom is 0.322 e. The number of imide groups is 1. The Hall–Kier alpha value is -1.10. The minimum Gasteiger partial charge on any atom is -0.333 e. The molecular weight excluding hydrogens is 254 g/mol. The van der Waals surface area contributed by atoms with Crippen LogP contribution in [-0.4, -0.2) is 36.6 Å².